The van der Waals surface area contributed by atoms with Gasteiger partial charge in [0, 0.05) is 18.8 Å². The molecule has 3 amide bonds. The zero-order chi connectivity index (χ0) is 22.3. The lowest BCUT2D eigenvalue weighted by molar-refractivity contribution is -0.126. The molecule has 0 aliphatic carbocycles. The highest BCUT2D eigenvalue weighted by Gasteiger charge is 2.35. The van der Waals surface area contributed by atoms with E-state index in [1.807, 2.05) is 60.7 Å². The van der Waals surface area contributed by atoms with Crippen molar-refractivity contribution in [2.75, 3.05) is 11.9 Å². The molecular formula is C26H26FN3O2. The minimum atomic E-state index is -0.317. The van der Waals surface area contributed by atoms with Gasteiger partial charge in [-0.2, -0.15) is 0 Å². The molecule has 3 aromatic carbocycles. The third kappa shape index (κ3) is 5.32. The average molecular weight is 432 g/mol. The minimum Gasteiger partial charge on any atom is -0.352 e. The van der Waals surface area contributed by atoms with Crippen molar-refractivity contribution in [1.29, 1.82) is 0 Å². The first kappa shape index (κ1) is 21.6. The van der Waals surface area contributed by atoms with Crippen molar-refractivity contribution >= 4 is 17.6 Å². The van der Waals surface area contributed by atoms with Crippen LogP contribution in [0.1, 0.15) is 30.0 Å². The number of para-hydroxylation sites is 1. The van der Waals surface area contributed by atoms with Gasteiger partial charge in [0.25, 0.3) is 0 Å². The highest BCUT2D eigenvalue weighted by Crippen LogP contribution is 2.34. The van der Waals surface area contributed by atoms with Crippen LogP contribution in [0.5, 0.6) is 0 Å². The molecule has 32 heavy (non-hydrogen) atoms. The molecule has 1 heterocycles. The molecule has 2 unspecified atom stereocenters. The highest BCUT2D eigenvalue weighted by atomic mass is 19.1. The van der Waals surface area contributed by atoms with Gasteiger partial charge in [0.1, 0.15) is 5.82 Å². The van der Waals surface area contributed by atoms with Crippen LogP contribution in [0, 0.1) is 11.7 Å². The molecule has 4 rings (SSSR count). The van der Waals surface area contributed by atoms with Crippen LogP contribution in [-0.2, 0) is 11.3 Å². The van der Waals surface area contributed by atoms with Crippen LogP contribution >= 0.6 is 0 Å². The van der Waals surface area contributed by atoms with Crippen LogP contribution in [-0.4, -0.2) is 23.4 Å². The lowest BCUT2D eigenvalue weighted by Gasteiger charge is -2.39. The van der Waals surface area contributed by atoms with Crippen molar-refractivity contribution in [1.82, 2.24) is 10.2 Å². The van der Waals surface area contributed by atoms with Crippen LogP contribution in [0.3, 0.4) is 0 Å². The van der Waals surface area contributed by atoms with E-state index >= 15 is 0 Å². The van der Waals surface area contributed by atoms with E-state index in [2.05, 4.69) is 10.6 Å². The van der Waals surface area contributed by atoms with E-state index in [-0.39, 0.29) is 29.7 Å². The number of amides is 3. The van der Waals surface area contributed by atoms with Crippen molar-refractivity contribution in [2.45, 2.75) is 25.4 Å². The van der Waals surface area contributed by atoms with E-state index in [1.165, 1.54) is 12.1 Å². The molecule has 1 aliphatic rings. The first-order valence-electron chi connectivity index (χ1n) is 10.8. The summed E-state index contributed by atoms with van der Waals surface area (Å²) in [7, 11) is 0. The third-order valence-electron chi connectivity index (χ3n) is 5.80. The normalized spacial score (nSPS) is 18.1. The van der Waals surface area contributed by atoms with Crippen LogP contribution < -0.4 is 10.6 Å². The Labute approximate surface area is 187 Å². The SMILES string of the molecule is O=C(NCc1ccccc1)C1CCC(c2ccc(F)cc2)N(C(=O)Nc2ccccc2)C1. The van der Waals surface area contributed by atoms with E-state index in [9.17, 15) is 14.0 Å². The Morgan fingerprint density at radius 1 is 0.875 bits per heavy atom. The quantitative estimate of drug-likeness (QED) is 0.589. The third-order valence-corrected chi connectivity index (χ3v) is 5.80. The lowest BCUT2D eigenvalue weighted by atomic mass is 9.88. The van der Waals surface area contributed by atoms with Crippen LogP contribution in [0.25, 0.3) is 0 Å². The molecule has 5 nitrogen and oxygen atoms in total. The summed E-state index contributed by atoms with van der Waals surface area (Å²) in [5, 5.41) is 5.91. The van der Waals surface area contributed by atoms with Gasteiger partial charge in [-0.15, -0.1) is 0 Å². The van der Waals surface area contributed by atoms with Gasteiger partial charge in [-0.3, -0.25) is 4.79 Å². The van der Waals surface area contributed by atoms with Crippen LogP contribution in [0.15, 0.2) is 84.9 Å². The summed E-state index contributed by atoms with van der Waals surface area (Å²) in [6.07, 6.45) is 1.27. The fourth-order valence-corrected chi connectivity index (χ4v) is 4.09. The van der Waals surface area contributed by atoms with Gasteiger partial charge in [0.05, 0.1) is 12.0 Å². The second-order valence-electron chi connectivity index (χ2n) is 7.99. The van der Waals surface area contributed by atoms with Crippen LogP contribution in [0.2, 0.25) is 0 Å². The molecule has 164 valence electrons. The Balaban J connectivity index is 1.48. The van der Waals surface area contributed by atoms with Crippen molar-refractivity contribution in [3.63, 3.8) is 0 Å². The van der Waals surface area contributed by atoms with Crippen molar-refractivity contribution < 1.29 is 14.0 Å². The molecule has 6 heteroatoms. The first-order valence-corrected chi connectivity index (χ1v) is 10.8. The summed E-state index contributed by atoms with van der Waals surface area (Å²) < 4.78 is 13.4. The smallest absolute Gasteiger partial charge is 0.322 e. The number of nitrogens with one attached hydrogen (secondary N) is 2. The monoisotopic (exact) mass is 431 g/mol. The molecule has 1 aliphatic heterocycles. The molecule has 2 N–H and O–H groups in total. The molecule has 1 fully saturated rings. The summed E-state index contributed by atoms with van der Waals surface area (Å²) in [5.74, 6) is -0.691. The van der Waals surface area contributed by atoms with Gasteiger partial charge in [-0.25, -0.2) is 9.18 Å². The summed E-state index contributed by atoms with van der Waals surface area (Å²) in [6, 6.07) is 24.7. The number of halogens is 1. The molecule has 3 aromatic rings. The largest absolute Gasteiger partial charge is 0.352 e. The summed E-state index contributed by atoms with van der Waals surface area (Å²) in [6.45, 7) is 0.745. The highest BCUT2D eigenvalue weighted by molar-refractivity contribution is 5.90. The molecular weight excluding hydrogens is 405 g/mol. The second-order valence-corrected chi connectivity index (χ2v) is 7.99. The maximum Gasteiger partial charge on any atom is 0.322 e. The number of carbonyl (C=O) groups excluding carboxylic acids is 2. The lowest BCUT2D eigenvalue weighted by Crippen LogP contribution is -2.48. The number of piperidine rings is 1. The number of anilines is 1. The Morgan fingerprint density at radius 3 is 2.22 bits per heavy atom. The van der Waals surface area contributed by atoms with Gasteiger partial charge in [0.2, 0.25) is 5.91 Å². The number of hydrogen-bond acceptors (Lipinski definition) is 2. The maximum atomic E-state index is 13.4. The number of urea groups is 1. The topological polar surface area (TPSA) is 61.4 Å². The minimum absolute atomic E-state index is 0.0658. The molecule has 0 bridgehead atoms. The Kier molecular flexibility index (Phi) is 6.80. The zero-order valence-corrected chi connectivity index (χ0v) is 17.7. The van der Waals surface area contributed by atoms with Gasteiger partial charge >= 0.3 is 6.03 Å². The predicted molar refractivity (Wildman–Crippen MR) is 122 cm³/mol. The van der Waals surface area contributed by atoms with Crippen molar-refractivity contribution in [2.24, 2.45) is 5.92 Å². The summed E-state index contributed by atoms with van der Waals surface area (Å²) in [4.78, 5) is 27.7. The molecule has 1 saturated heterocycles. The van der Waals surface area contributed by atoms with Crippen LogP contribution in [0.4, 0.5) is 14.9 Å². The summed E-state index contributed by atoms with van der Waals surface area (Å²) >= 11 is 0. The number of nitrogens with zero attached hydrogens (tertiary/aromatic N) is 1. The number of benzene rings is 3. The fraction of sp³-hybridized carbons (Fsp3) is 0.231. The number of hydrogen-bond donors (Lipinski definition) is 2. The number of rotatable bonds is 5. The van der Waals surface area contributed by atoms with Gasteiger partial charge in [-0.1, -0.05) is 60.7 Å². The van der Waals surface area contributed by atoms with E-state index in [0.717, 1.165) is 11.1 Å². The Bertz CT molecular complexity index is 1040. The molecule has 0 saturated carbocycles. The fourth-order valence-electron chi connectivity index (χ4n) is 4.09. The molecule has 0 spiro atoms. The standard InChI is InChI=1S/C26H26FN3O2/c27-22-14-11-20(12-15-22)24-16-13-21(25(31)28-17-19-7-3-1-4-8-19)18-30(24)26(32)29-23-9-5-2-6-10-23/h1-12,14-15,21,24H,13,16-18H2,(H,28,31)(H,29,32). The number of carbonyl (C=O) groups is 2. The van der Waals surface area contributed by atoms with E-state index < -0.39 is 0 Å². The maximum absolute atomic E-state index is 13.4. The van der Waals surface area contributed by atoms with E-state index in [4.69, 9.17) is 0 Å². The first-order chi connectivity index (χ1) is 15.6. The predicted octanol–water partition coefficient (Wildman–Crippen LogP) is 5.13. The van der Waals surface area contributed by atoms with Crippen molar-refractivity contribution in [3.05, 3.63) is 102 Å². The molecule has 0 radical (unpaired) electrons. The zero-order valence-electron chi connectivity index (χ0n) is 17.7. The van der Waals surface area contributed by atoms with E-state index in [1.54, 1.807) is 17.0 Å². The number of likely N-dealkylation sites (tertiary alicyclic amines) is 1. The van der Waals surface area contributed by atoms with Gasteiger partial charge < -0.3 is 15.5 Å². The van der Waals surface area contributed by atoms with Gasteiger partial charge in [-0.05, 0) is 48.2 Å². The average Bonchev–Trinajstić information content (AvgIpc) is 2.84. The summed E-state index contributed by atoms with van der Waals surface area (Å²) in [5.41, 5.74) is 2.57. The molecule has 2 atom stereocenters. The Morgan fingerprint density at radius 2 is 1.53 bits per heavy atom. The van der Waals surface area contributed by atoms with Crippen molar-refractivity contribution in [3.8, 4) is 0 Å². The van der Waals surface area contributed by atoms with E-state index in [0.29, 0.717) is 31.6 Å². The second kappa shape index (κ2) is 10.1. The molecule has 0 aromatic heterocycles. The van der Waals surface area contributed by atoms with Gasteiger partial charge in [0.15, 0.2) is 0 Å². The Hall–Kier alpha value is -3.67.